The standard InChI is InChI=1S/C20H25NO5S/c1-4-26-20(23)12-16-8-10-17(11-9-16)18-6-5-7-19(13-18)27(24,25)21(3)14-15(2)22/h5-11,13,15,22H,4,12,14H2,1-3H3/t15-/m0/s1. The molecule has 0 heterocycles. The van der Waals surface area contributed by atoms with E-state index in [1.807, 2.05) is 30.3 Å². The normalized spacial score (nSPS) is 12.8. The molecule has 0 radical (unpaired) electrons. The highest BCUT2D eigenvalue weighted by Gasteiger charge is 2.22. The summed E-state index contributed by atoms with van der Waals surface area (Å²) in [6, 6.07) is 14.0. The van der Waals surface area contributed by atoms with E-state index in [1.54, 1.807) is 26.0 Å². The number of aliphatic hydroxyl groups is 1. The van der Waals surface area contributed by atoms with Crippen LogP contribution in [0.2, 0.25) is 0 Å². The molecular weight excluding hydrogens is 366 g/mol. The van der Waals surface area contributed by atoms with Crippen molar-refractivity contribution < 1.29 is 23.1 Å². The Morgan fingerprint density at radius 3 is 2.41 bits per heavy atom. The van der Waals surface area contributed by atoms with Gasteiger partial charge in [-0.2, -0.15) is 4.31 Å². The zero-order valence-electron chi connectivity index (χ0n) is 15.8. The number of rotatable bonds is 8. The van der Waals surface area contributed by atoms with E-state index in [1.165, 1.54) is 13.1 Å². The molecule has 2 aromatic carbocycles. The van der Waals surface area contributed by atoms with Crippen molar-refractivity contribution >= 4 is 16.0 Å². The van der Waals surface area contributed by atoms with E-state index >= 15 is 0 Å². The van der Waals surface area contributed by atoms with Crippen molar-refractivity contribution in [1.29, 1.82) is 0 Å². The van der Waals surface area contributed by atoms with Gasteiger partial charge in [-0.3, -0.25) is 4.79 Å². The van der Waals surface area contributed by atoms with Crippen molar-refractivity contribution in [3.05, 3.63) is 54.1 Å². The Hall–Kier alpha value is -2.22. The van der Waals surface area contributed by atoms with Crippen molar-refractivity contribution in [3.8, 4) is 11.1 Å². The summed E-state index contributed by atoms with van der Waals surface area (Å²) in [7, 11) is -2.24. The molecule has 0 aromatic heterocycles. The second-order valence-electron chi connectivity index (χ2n) is 6.34. The highest BCUT2D eigenvalue weighted by atomic mass is 32.2. The van der Waals surface area contributed by atoms with Crippen LogP contribution in [0.5, 0.6) is 0 Å². The Morgan fingerprint density at radius 1 is 1.15 bits per heavy atom. The predicted molar refractivity (Wildman–Crippen MR) is 104 cm³/mol. The summed E-state index contributed by atoms with van der Waals surface area (Å²) in [6.07, 6.45) is -0.549. The van der Waals surface area contributed by atoms with Gasteiger partial charge in [-0.05, 0) is 42.7 Å². The van der Waals surface area contributed by atoms with Crippen LogP contribution in [0.3, 0.4) is 0 Å². The predicted octanol–water partition coefficient (Wildman–Crippen LogP) is 2.46. The topological polar surface area (TPSA) is 83.9 Å². The molecule has 146 valence electrons. The van der Waals surface area contributed by atoms with Gasteiger partial charge in [0.25, 0.3) is 0 Å². The first-order valence-corrected chi connectivity index (χ1v) is 10.2. The van der Waals surface area contributed by atoms with Crippen LogP contribution in [0.4, 0.5) is 0 Å². The lowest BCUT2D eigenvalue weighted by atomic mass is 10.0. The van der Waals surface area contributed by atoms with E-state index in [4.69, 9.17) is 4.74 Å². The molecule has 0 amide bonds. The SMILES string of the molecule is CCOC(=O)Cc1ccc(-c2cccc(S(=O)(=O)N(C)C[C@H](C)O)c2)cc1. The van der Waals surface area contributed by atoms with Gasteiger partial charge in [0.15, 0.2) is 0 Å². The average molecular weight is 391 g/mol. The highest BCUT2D eigenvalue weighted by molar-refractivity contribution is 7.89. The second kappa shape index (κ2) is 9.12. The van der Waals surface area contributed by atoms with E-state index in [2.05, 4.69) is 0 Å². The number of sulfonamides is 1. The molecule has 1 N–H and O–H groups in total. The summed E-state index contributed by atoms with van der Waals surface area (Å²) in [5.41, 5.74) is 2.43. The van der Waals surface area contributed by atoms with E-state index in [0.717, 1.165) is 21.0 Å². The first-order chi connectivity index (χ1) is 12.7. The molecule has 0 bridgehead atoms. The van der Waals surface area contributed by atoms with Crippen LogP contribution in [-0.2, 0) is 26.0 Å². The van der Waals surface area contributed by atoms with Crippen molar-refractivity contribution in [2.75, 3.05) is 20.2 Å². The molecule has 2 rings (SSSR count). The maximum atomic E-state index is 12.7. The van der Waals surface area contributed by atoms with Gasteiger partial charge in [0, 0.05) is 13.6 Å². The molecule has 2 aromatic rings. The molecular formula is C20H25NO5S. The number of ether oxygens (including phenoxy) is 1. The Labute approximate surface area is 160 Å². The van der Waals surface area contributed by atoms with Crippen LogP contribution in [0.1, 0.15) is 19.4 Å². The van der Waals surface area contributed by atoms with Crippen molar-refractivity contribution in [3.63, 3.8) is 0 Å². The highest BCUT2D eigenvalue weighted by Crippen LogP contribution is 2.24. The fourth-order valence-electron chi connectivity index (χ4n) is 2.68. The van der Waals surface area contributed by atoms with Crippen LogP contribution in [0.15, 0.2) is 53.4 Å². The number of aliphatic hydroxyl groups excluding tert-OH is 1. The Balaban J connectivity index is 2.23. The van der Waals surface area contributed by atoms with E-state index in [-0.39, 0.29) is 23.8 Å². The molecule has 0 saturated heterocycles. The minimum absolute atomic E-state index is 0.0229. The third kappa shape index (κ3) is 5.63. The summed E-state index contributed by atoms with van der Waals surface area (Å²) < 4.78 is 31.4. The molecule has 0 unspecified atom stereocenters. The van der Waals surface area contributed by atoms with Crippen LogP contribution in [0, 0.1) is 0 Å². The number of esters is 1. The quantitative estimate of drug-likeness (QED) is 0.699. The lowest BCUT2D eigenvalue weighted by Gasteiger charge is -2.19. The first-order valence-electron chi connectivity index (χ1n) is 8.73. The number of likely N-dealkylation sites (N-methyl/N-ethyl adjacent to an activating group) is 1. The van der Waals surface area contributed by atoms with Gasteiger partial charge in [-0.1, -0.05) is 36.4 Å². The van der Waals surface area contributed by atoms with Gasteiger partial charge in [0.2, 0.25) is 10.0 Å². The minimum atomic E-state index is -3.68. The Morgan fingerprint density at radius 2 is 1.81 bits per heavy atom. The van der Waals surface area contributed by atoms with Crippen LogP contribution in [-0.4, -0.2) is 50.1 Å². The average Bonchev–Trinajstić information content (AvgIpc) is 2.62. The van der Waals surface area contributed by atoms with Crippen molar-refractivity contribution in [2.24, 2.45) is 0 Å². The number of carbonyl (C=O) groups is 1. The molecule has 0 fully saturated rings. The fraction of sp³-hybridized carbons (Fsp3) is 0.350. The third-order valence-electron chi connectivity index (χ3n) is 4.00. The monoisotopic (exact) mass is 391 g/mol. The summed E-state index contributed by atoms with van der Waals surface area (Å²) >= 11 is 0. The first kappa shape index (κ1) is 21.1. The van der Waals surface area contributed by atoms with Crippen molar-refractivity contribution in [1.82, 2.24) is 4.31 Å². The number of benzene rings is 2. The van der Waals surface area contributed by atoms with Crippen LogP contribution in [0.25, 0.3) is 11.1 Å². The molecule has 0 saturated carbocycles. The molecule has 0 aliphatic rings. The summed E-state index contributed by atoms with van der Waals surface area (Å²) in [4.78, 5) is 11.7. The molecule has 1 atom stereocenters. The second-order valence-corrected chi connectivity index (χ2v) is 8.39. The van der Waals surface area contributed by atoms with E-state index in [9.17, 15) is 18.3 Å². The zero-order chi connectivity index (χ0) is 20.0. The largest absolute Gasteiger partial charge is 0.466 e. The fourth-order valence-corrected chi connectivity index (χ4v) is 3.98. The van der Waals surface area contributed by atoms with Gasteiger partial charge in [-0.15, -0.1) is 0 Å². The van der Waals surface area contributed by atoms with E-state index in [0.29, 0.717) is 6.61 Å². The molecule has 0 aliphatic carbocycles. The molecule has 6 nitrogen and oxygen atoms in total. The third-order valence-corrected chi connectivity index (χ3v) is 5.82. The van der Waals surface area contributed by atoms with Crippen LogP contribution >= 0.6 is 0 Å². The van der Waals surface area contributed by atoms with Gasteiger partial charge in [-0.25, -0.2) is 8.42 Å². The van der Waals surface area contributed by atoms with Gasteiger partial charge >= 0.3 is 5.97 Å². The Bertz CT molecular complexity index is 876. The zero-order valence-corrected chi connectivity index (χ0v) is 16.6. The Kier molecular flexibility index (Phi) is 7.12. The minimum Gasteiger partial charge on any atom is -0.466 e. The summed E-state index contributed by atoms with van der Waals surface area (Å²) in [5.74, 6) is -0.278. The number of nitrogens with zero attached hydrogens (tertiary/aromatic N) is 1. The molecule has 0 aliphatic heterocycles. The molecule has 27 heavy (non-hydrogen) atoms. The summed E-state index contributed by atoms with van der Waals surface area (Å²) in [5, 5.41) is 9.45. The molecule has 7 heteroatoms. The lowest BCUT2D eigenvalue weighted by molar-refractivity contribution is -0.142. The maximum absolute atomic E-state index is 12.7. The van der Waals surface area contributed by atoms with Gasteiger partial charge in [0.1, 0.15) is 0 Å². The number of hydrogen-bond acceptors (Lipinski definition) is 5. The smallest absolute Gasteiger partial charge is 0.310 e. The molecule has 0 spiro atoms. The number of carbonyl (C=O) groups excluding carboxylic acids is 1. The van der Waals surface area contributed by atoms with Crippen LogP contribution < -0.4 is 0 Å². The van der Waals surface area contributed by atoms with Crippen molar-refractivity contribution in [2.45, 2.75) is 31.3 Å². The lowest BCUT2D eigenvalue weighted by Crippen LogP contribution is -2.33. The number of hydrogen-bond donors (Lipinski definition) is 1. The van der Waals surface area contributed by atoms with E-state index < -0.39 is 16.1 Å². The van der Waals surface area contributed by atoms with Gasteiger partial charge in [0.05, 0.1) is 24.0 Å². The maximum Gasteiger partial charge on any atom is 0.310 e. The van der Waals surface area contributed by atoms with Gasteiger partial charge < -0.3 is 9.84 Å². The summed E-state index contributed by atoms with van der Waals surface area (Å²) in [6.45, 7) is 3.68.